The predicted molar refractivity (Wildman–Crippen MR) is 161 cm³/mol. The van der Waals surface area contributed by atoms with Gasteiger partial charge in [-0.05, 0) is 83.4 Å². The molecule has 0 bridgehead atoms. The average molecular weight is 649 g/mol. The number of aliphatic hydroxyl groups is 1. The van der Waals surface area contributed by atoms with Crippen LogP contribution in [0.5, 0.6) is 11.5 Å². The molecule has 3 aromatic rings. The van der Waals surface area contributed by atoms with Crippen LogP contribution in [0, 0.1) is 0 Å². The Bertz CT molecular complexity index is 1470. The molecule has 0 atom stereocenters. The zero-order valence-electron chi connectivity index (χ0n) is 21.0. The van der Waals surface area contributed by atoms with Crippen LogP contribution < -0.4 is 9.47 Å². The molecule has 1 heterocycles. The molecule has 10 heteroatoms. The normalized spacial score (nSPS) is 15.2. The highest BCUT2D eigenvalue weighted by Gasteiger charge is 2.33. The maximum absolute atomic E-state index is 12.7. The van der Waals surface area contributed by atoms with E-state index in [1.165, 1.54) is 11.8 Å². The van der Waals surface area contributed by atoms with E-state index in [1.807, 2.05) is 49.4 Å². The minimum atomic E-state index is -0.636. The molecular formula is C29H24BrCl2NO5S. The van der Waals surface area contributed by atoms with Gasteiger partial charge in [0.05, 0.1) is 38.3 Å². The molecule has 1 N–H and O–H groups in total. The molecule has 0 fully saturated rings. The minimum absolute atomic E-state index is 0.0302. The second-order valence-electron chi connectivity index (χ2n) is 8.11. The molecule has 202 valence electrons. The highest BCUT2D eigenvalue weighted by molar-refractivity contribution is 9.10. The molecule has 3 aromatic carbocycles. The largest absolute Gasteiger partial charge is 0.506 e. The number of carbonyl (C=O) groups is 1. The van der Waals surface area contributed by atoms with Crippen LogP contribution in [0.15, 0.2) is 86.4 Å². The topological polar surface area (TPSA) is 77.4 Å². The van der Waals surface area contributed by atoms with Crippen molar-refractivity contribution < 1.29 is 24.1 Å². The first kappa shape index (κ1) is 29.1. The Kier molecular flexibility index (Phi) is 10.0. The number of esters is 1. The summed E-state index contributed by atoms with van der Waals surface area (Å²) >= 11 is 16.9. The number of hydrogen-bond acceptors (Lipinski definition) is 7. The maximum atomic E-state index is 12.7. The van der Waals surface area contributed by atoms with Gasteiger partial charge >= 0.3 is 5.97 Å². The number of rotatable bonds is 9. The first-order valence-electron chi connectivity index (χ1n) is 12.0. The SMILES string of the molecule is CCOC(=O)C1=C(O)/C(=C/c2cc(Br)c(OCc3ccc(Cl)c(Cl)c3)c(OCC)c2)SC1=Nc1ccccc1. The Balaban J connectivity index is 1.67. The van der Waals surface area contributed by atoms with Gasteiger partial charge in [-0.25, -0.2) is 9.79 Å². The van der Waals surface area contributed by atoms with Crippen molar-refractivity contribution in [1.82, 2.24) is 0 Å². The van der Waals surface area contributed by atoms with Crippen LogP contribution >= 0.6 is 50.9 Å². The van der Waals surface area contributed by atoms with Crippen LogP contribution in [0.3, 0.4) is 0 Å². The van der Waals surface area contributed by atoms with E-state index >= 15 is 0 Å². The quantitative estimate of drug-likeness (QED) is 0.233. The fraction of sp³-hybridized carbons (Fsp3) is 0.172. The lowest BCUT2D eigenvalue weighted by Crippen LogP contribution is -2.12. The maximum Gasteiger partial charge on any atom is 0.344 e. The molecule has 0 unspecified atom stereocenters. The molecule has 39 heavy (non-hydrogen) atoms. The highest BCUT2D eigenvalue weighted by Crippen LogP contribution is 2.43. The highest BCUT2D eigenvalue weighted by atomic mass is 79.9. The Morgan fingerprint density at radius 1 is 1.03 bits per heavy atom. The fourth-order valence-corrected chi connectivity index (χ4v) is 5.55. The summed E-state index contributed by atoms with van der Waals surface area (Å²) in [5, 5.41) is 12.3. The number of aliphatic imine (C=N–C) groups is 1. The number of benzene rings is 3. The number of nitrogens with zero attached hydrogens (tertiary/aromatic N) is 1. The molecule has 0 spiro atoms. The molecule has 1 aliphatic rings. The number of ether oxygens (including phenoxy) is 3. The molecule has 0 amide bonds. The van der Waals surface area contributed by atoms with E-state index in [2.05, 4.69) is 20.9 Å². The Labute approximate surface area is 249 Å². The molecule has 0 saturated heterocycles. The monoisotopic (exact) mass is 647 g/mol. The lowest BCUT2D eigenvalue weighted by Gasteiger charge is -2.15. The van der Waals surface area contributed by atoms with E-state index in [-0.39, 0.29) is 24.5 Å². The minimum Gasteiger partial charge on any atom is -0.506 e. The third-order valence-electron chi connectivity index (χ3n) is 5.35. The van der Waals surface area contributed by atoms with E-state index < -0.39 is 5.97 Å². The Morgan fingerprint density at radius 3 is 2.49 bits per heavy atom. The molecule has 6 nitrogen and oxygen atoms in total. The molecule has 0 aromatic heterocycles. The average Bonchev–Trinajstić information content (AvgIpc) is 3.20. The fourth-order valence-electron chi connectivity index (χ4n) is 3.62. The number of aliphatic hydroxyl groups excluding tert-OH is 1. The summed E-state index contributed by atoms with van der Waals surface area (Å²) in [4.78, 5) is 17.7. The lowest BCUT2D eigenvalue weighted by atomic mass is 10.1. The van der Waals surface area contributed by atoms with Gasteiger partial charge in [0.25, 0.3) is 0 Å². The number of hydrogen-bond donors (Lipinski definition) is 1. The zero-order valence-corrected chi connectivity index (χ0v) is 25.0. The first-order valence-corrected chi connectivity index (χ1v) is 14.3. The summed E-state index contributed by atoms with van der Waals surface area (Å²) in [5.41, 5.74) is 2.24. The number of halogens is 3. The van der Waals surface area contributed by atoms with Crippen molar-refractivity contribution in [2.24, 2.45) is 4.99 Å². The third kappa shape index (κ3) is 7.19. The summed E-state index contributed by atoms with van der Waals surface area (Å²) < 4.78 is 17.8. The number of thioether (sulfide) groups is 1. The van der Waals surface area contributed by atoms with Crippen molar-refractivity contribution in [1.29, 1.82) is 0 Å². The molecule has 0 saturated carbocycles. The van der Waals surface area contributed by atoms with Crippen LogP contribution in [0.2, 0.25) is 10.0 Å². The van der Waals surface area contributed by atoms with E-state index in [1.54, 1.807) is 31.2 Å². The van der Waals surface area contributed by atoms with Gasteiger partial charge in [-0.1, -0.05) is 59.2 Å². The van der Waals surface area contributed by atoms with Gasteiger partial charge < -0.3 is 19.3 Å². The second-order valence-corrected chi connectivity index (χ2v) is 10.8. The number of para-hydroxylation sites is 1. The van der Waals surface area contributed by atoms with Gasteiger partial charge in [-0.15, -0.1) is 0 Å². The van der Waals surface area contributed by atoms with Crippen molar-refractivity contribution in [3.05, 3.63) is 103 Å². The van der Waals surface area contributed by atoms with Crippen LogP contribution in [-0.4, -0.2) is 29.3 Å². The first-order chi connectivity index (χ1) is 18.8. The summed E-state index contributed by atoms with van der Waals surface area (Å²) in [6.07, 6.45) is 1.75. The molecule has 1 aliphatic heterocycles. The van der Waals surface area contributed by atoms with Crippen molar-refractivity contribution >= 4 is 73.7 Å². The third-order valence-corrected chi connectivity index (χ3v) is 7.70. The van der Waals surface area contributed by atoms with E-state index in [0.717, 1.165) is 5.56 Å². The van der Waals surface area contributed by atoms with Crippen molar-refractivity contribution in [2.45, 2.75) is 20.5 Å². The van der Waals surface area contributed by atoms with Gasteiger partial charge in [0.1, 0.15) is 23.0 Å². The molecule has 0 radical (unpaired) electrons. The predicted octanol–water partition coefficient (Wildman–Crippen LogP) is 8.93. The van der Waals surface area contributed by atoms with Crippen molar-refractivity contribution in [3.8, 4) is 11.5 Å². The van der Waals surface area contributed by atoms with Crippen LogP contribution in [-0.2, 0) is 16.1 Å². The van der Waals surface area contributed by atoms with Gasteiger partial charge in [-0.3, -0.25) is 0 Å². The van der Waals surface area contributed by atoms with Crippen molar-refractivity contribution in [2.75, 3.05) is 13.2 Å². The van der Waals surface area contributed by atoms with Crippen LogP contribution in [0.1, 0.15) is 25.0 Å². The van der Waals surface area contributed by atoms with Gasteiger partial charge in [0, 0.05) is 0 Å². The van der Waals surface area contributed by atoms with Gasteiger partial charge in [0.2, 0.25) is 0 Å². The van der Waals surface area contributed by atoms with E-state index in [9.17, 15) is 9.90 Å². The molecular weight excluding hydrogens is 625 g/mol. The van der Waals surface area contributed by atoms with Gasteiger partial charge in [-0.2, -0.15) is 0 Å². The van der Waals surface area contributed by atoms with Crippen LogP contribution in [0.4, 0.5) is 5.69 Å². The smallest absolute Gasteiger partial charge is 0.344 e. The summed E-state index contributed by atoms with van der Waals surface area (Å²) in [6, 6.07) is 18.1. The Morgan fingerprint density at radius 2 is 1.79 bits per heavy atom. The Hall–Kier alpha value is -2.91. The van der Waals surface area contributed by atoms with Crippen LogP contribution in [0.25, 0.3) is 6.08 Å². The number of carbonyl (C=O) groups excluding carboxylic acids is 1. The molecule has 0 aliphatic carbocycles. The second kappa shape index (κ2) is 13.4. The standard InChI is InChI=1S/C29H24BrCl2NO5S/c1-3-36-23-14-18(12-20(30)27(23)38-16-17-10-11-21(31)22(32)13-17)15-24-26(34)25(29(35)37-4-2)28(39-24)33-19-8-6-5-7-9-19/h5-15,34H,3-4,16H2,1-2H3/b24-15-,33-28?. The zero-order chi connectivity index (χ0) is 27.9. The lowest BCUT2D eigenvalue weighted by molar-refractivity contribution is -0.138. The van der Waals surface area contributed by atoms with E-state index in [0.29, 0.717) is 53.8 Å². The van der Waals surface area contributed by atoms with E-state index in [4.69, 9.17) is 37.4 Å². The molecule has 4 rings (SSSR count). The summed E-state index contributed by atoms with van der Waals surface area (Å²) in [7, 11) is 0. The van der Waals surface area contributed by atoms with Gasteiger partial charge in [0.15, 0.2) is 11.5 Å². The summed E-state index contributed by atoms with van der Waals surface area (Å²) in [6.45, 7) is 4.42. The van der Waals surface area contributed by atoms with Crippen molar-refractivity contribution in [3.63, 3.8) is 0 Å². The summed E-state index contributed by atoms with van der Waals surface area (Å²) in [5.74, 6) is 0.196.